The molecule has 0 saturated heterocycles. The number of benzene rings is 1. The molecule has 0 spiro atoms. The van der Waals surface area contributed by atoms with E-state index in [1.54, 1.807) is 34.1 Å². The Kier molecular flexibility index (Phi) is 5.90. The Bertz CT molecular complexity index is 1090. The van der Waals surface area contributed by atoms with Gasteiger partial charge in [0.25, 0.3) is 5.56 Å². The SMILES string of the molecule is C=CCn1c(SCc2c(F)cccc2Cl)nc2sc3c(c2c1=O)CCCCC3. The predicted octanol–water partition coefficient (Wildman–Crippen LogP) is 6.00. The summed E-state index contributed by atoms with van der Waals surface area (Å²) in [6.45, 7) is 4.15. The number of aryl methyl sites for hydroxylation is 2. The fourth-order valence-corrected chi connectivity index (χ4v) is 6.26. The van der Waals surface area contributed by atoms with Gasteiger partial charge in [-0.05, 0) is 43.4 Å². The number of thioether (sulfide) groups is 1. The van der Waals surface area contributed by atoms with Gasteiger partial charge in [-0.1, -0.05) is 41.9 Å². The zero-order chi connectivity index (χ0) is 19.7. The van der Waals surface area contributed by atoms with E-state index < -0.39 is 0 Å². The largest absolute Gasteiger partial charge is 0.283 e. The molecule has 2 heterocycles. The fourth-order valence-electron chi connectivity index (χ4n) is 3.60. The molecule has 4 rings (SSSR count). The van der Waals surface area contributed by atoms with Crippen LogP contribution < -0.4 is 5.56 Å². The summed E-state index contributed by atoms with van der Waals surface area (Å²) in [4.78, 5) is 20.2. The number of halogens is 2. The minimum Gasteiger partial charge on any atom is -0.283 e. The number of rotatable bonds is 5. The van der Waals surface area contributed by atoms with Gasteiger partial charge >= 0.3 is 0 Å². The smallest absolute Gasteiger partial charge is 0.263 e. The molecule has 0 N–H and O–H groups in total. The van der Waals surface area contributed by atoms with E-state index in [4.69, 9.17) is 16.6 Å². The Labute approximate surface area is 176 Å². The Morgan fingerprint density at radius 1 is 1.32 bits per heavy atom. The lowest BCUT2D eigenvalue weighted by atomic mass is 10.1. The molecule has 146 valence electrons. The lowest BCUT2D eigenvalue weighted by molar-refractivity contribution is 0.617. The highest BCUT2D eigenvalue weighted by atomic mass is 35.5. The van der Waals surface area contributed by atoms with Gasteiger partial charge in [-0.25, -0.2) is 9.37 Å². The molecular formula is C21H20ClFN2OS2. The maximum Gasteiger partial charge on any atom is 0.263 e. The van der Waals surface area contributed by atoms with Gasteiger partial charge in [-0.15, -0.1) is 17.9 Å². The van der Waals surface area contributed by atoms with Crippen LogP contribution in [0, 0.1) is 5.82 Å². The zero-order valence-electron chi connectivity index (χ0n) is 15.3. The monoisotopic (exact) mass is 434 g/mol. The molecular weight excluding hydrogens is 415 g/mol. The number of nitrogens with zero attached hydrogens (tertiary/aromatic N) is 2. The second-order valence-corrected chi connectivity index (χ2v) is 9.27. The van der Waals surface area contributed by atoms with Gasteiger partial charge in [0.15, 0.2) is 5.16 Å². The molecule has 2 aromatic heterocycles. The van der Waals surface area contributed by atoms with E-state index in [9.17, 15) is 9.18 Å². The van der Waals surface area contributed by atoms with Crippen LogP contribution in [0.3, 0.4) is 0 Å². The number of fused-ring (bicyclic) bond motifs is 3. The Hall–Kier alpha value is -1.63. The van der Waals surface area contributed by atoms with Crippen molar-refractivity contribution in [3.8, 4) is 0 Å². The molecule has 0 saturated carbocycles. The van der Waals surface area contributed by atoms with E-state index in [1.165, 1.54) is 34.7 Å². The van der Waals surface area contributed by atoms with E-state index in [1.807, 2.05) is 0 Å². The van der Waals surface area contributed by atoms with E-state index in [-0.39, 0.29) is 11.4 Å². The third-order valence-corrected chi connectivity index (χ3v) is 7.55. The third-order valence-electron chi connectivity index (χ3n) is 5.01. The first-order valence-electron chi connectivity index (χ1n) is 9.31. The van der Waals surface area contributed by atoms with Crippen molar-refractivity contribution in [2.45, 2.75) is 49.6 Å². The number of hydrogen-bond donors (Lipinski definition) is 0. The molecule has 1 aromatic carbocycles. The maximum absolute atomic E-state index is 14.1. The molecule has 0 unspecified atom stereocenters. The van der Waals surface area contributed by atoms with Gasteiger partial charge in [0.1, 0.15) is 10.6 Å². The highest BCUT2D eigenvalue weighted by Gasteiger charge is 2.21. The van der Waals surface area contributed by atoms with Crippen LogP contribution in [0.5, 0.6) is 0 Å². The van der Waals surface area contributed by atoms with E-state index in [2.05, 4.69) is 6.58 Å². The van der Waals surface area contributed by atoms with Crippen molar-refractivity contribution >= 4 is 44.9 Å². The van der Waals surface area contributed by atoms with Gasteiger partial charge < -0.3 is 0 Å². The lowest BCUT2D eigenvalue weighted by Gasteiger charge is -2.11. The van der Waals surface area contributed by atoms with Gasteiger partial charge in [0.05, 0.1) is 5.39 Å². The van der Waals surface area contributed by atoms with Crippen molar-refractivity contribution in [1.82, 2.24) is 9.55 Å². The molecule has 0 fully saturated rings. The van der Waals surface area contributed by atoms with Crippen LogP contribution in [0.2, 0.25) is 5.02 Å². The molecule has 1 aliphatic rings. The van der Waals surface area contributed by atoms with Gasteiger partial charge in [-0.2, -0.15) is 0 Å². The summed E-state index contributed by atoms with van der Waals surface area (Å²) in [5.74, 6) is -0.0346. The summed E-state index contributed by atoms with van der Waals surface area (Å²) < 4.78 is 15.8. The minimum absolute atomic E-state index is 0.0218. The number of allylic oxidation sites excluding steroid dienone is 1. The third kappa shape index (κ3) is 3.65. The number of thiophene rings is 1. The van der Waals surface area contributed by atoms with Crippen LogP contribution in [0.4, 0.5) is 4.39 Å². The van der Waals surface area contributed by atoms with E-state index >= 15 is 0 Å². The molecule has 0 aliphatic heterocycles. The minimum atomic E-state index is -0.346. The molecule has 3 aromatic rings. The van der Waals surface area contributed by atoms with Crippen LogP contribution in [-0.2, 0) is 25.1 Å². The molecule has 0 atom stereocenters. The Balaban J connectivity index is 1.78. The van der Waals surface area contributed by atoms with Crippen LogP contribution >= 0.6 is 34.7 Å². The second kappa shape index (κ2) is 8.39. The predicted molar refractivity (Wildman–Crippen MR) is 116 cm³/mol. The van der Waals surface area contributed by atoms with Crippen molar-refractivity contribution in [1.29, 1.82) is 0 Å². The highest BCUT2D eigenvalue weighted by molar-refractivity contribution is 7.98. The summed E-state index contributed by atoms with van der Waals surface area (Å²) in [5, 5.41) is 1.72. The first kappa shape index (κ1) is 19.7. The topological polar surface area (TPSA) is 34.9 Å². The Morgan fingerprint density at radius 3 is 2.93 bits per heavy atom. The normalized spacial score (nSPS) is 14.1. The highest BCUT2D eigenvalue weighted by Crippen LogP contribution is 2.35. The molecule has 1 aliphatic carbocycles. The fraction of sp³-hybridized carbons (Fsp3) is 0.333. The van der Waals surface area contributed by atoms with Crippen molar-refractivity contribution in [2.75, 3.05) is 0 Å². The summed E-state index contributed by atoms with van der Waals surface area (Å²) in [5.41, 5.74) is 1.59. The first-order valence-corrected chi connectivity index (χ1v) is 11.5. The zero-order valence-corrected chi connectivity index (χ0v) is 17.7. The second-order valence-electron chi connectivity index (χ2n) is 6.83. The standard InChI is InChI=1S/C21H20ClFN2OS2/c1-2-11-25-20(26)18-13-7-4-3-5-10-17(13)28-19(18)24-21(25)27-12-14-15(22)8-6-9-16(14)23/h2,6,8-9H,1,3-5,7,10-12H2. The average molecular weight is 435 g/mol. The molecule has 0 bridgehead atoms. The van der Waals surface area contributed by atoms with Crippen LogP contribution in [0.1, 0.15) is 35.3 Å². The lowest BCUT2D eigenvalue weighted by Crippen LogP contribution is -2.23. The molecule has 7 heteroatoms. The first-order chi connectivity index (χ1) is 13.6. The average Bonchev–Trinajstić information content (AvgIpc) is 2.85. The van der Waals surface area contributed by atoms with Crippen LogP contribution in [0.15, 0.2) is 40.8 Å². The van der Waals surface area contributed by atoms with Crippen molar-refractivity contribution in [2.24, 2.45) is 0 Å². The summed E-state index contributed by atoms with van der Waals surface area (Å²) in [6.07, 6.45) is 7.13. The summed E-state index contributed by atoms with van der Waals surface area (Å²) in [7, 11) is 0. The van der Waals surface area contributed by atoms with Gasteiger partial charge in [0, 0.05) is 27.8 Å². The van der Waals surface area contributed by atoms with Crippen molar-refractivity contribution in [3.05, 3.63) is 68.1 Å². The van der Waals surface area contributed by atoms with Gasteiger partial charge in [-0.3, -0.25) is 9.36 Å². The summed E-state index contributed by atoms with van der Waals surface area (Å²) >= 11 is 9.12. The van der Waals surface area contributed by atoms with E-state index in [0.717, 1.165) is 35.9 Å². The van der Waals surface area contributed by atoms with Crippen LogP contribution in [-0.4, -0.2) is 9.55 Å². The molecule has 0 amide bonds. The molecule has 3 nitrogen and oxygen atoms in total. The van der Waals surface area contributed by atoms with Crippen molar-refractivity contribution < 1.29 is 4.39 Å². The summed E-state index contributed by atoms with van der Waals surface area (Å²) in [6, 6.07) is 4.65. The van der Waals surface area contributed by atoms with Crippen molar-refractivity contribution in [3.63, 3.8) is 0 Å². The van der Waals surface area contributed by atoms with E-state index in [0.29, 0.717) is 28.0 Å². The Morgan fingerprint density at radius 2 is 2.14 bits per heavy atom. The van der Waals surface area contributed by atoms with Crippen LogP contribution in [0.25, 0.3) is 10.2 Å². The molecule has 28 heavy (non-hydrogen) atoms. The molecule has 0 radical (unpaired) electrons. The number of aromatic nitrogens is 2. The van der Waals surface area contributed by atoms with Gasteiger partial charge in [0.2, 0.25) is 0 Å². The maximum atomic E-state index is 14.1. The number of hydrogen-bond acceptors (Lipinski definition) is 4. The quantitative estimate of drug-likeness (QED) is 0.214.